The summed E-state index contributed by atoms with van der Waals surface area (Å²) in [6, 6.07) is 8.11. The van der Waals surface area contributed by atoms with E-state index in [2.05, 4.69) is 17.6 Å². The molecule has 0 aliphatic carbocycles. The smallest absolute Gasteiger partial charge is 0.303 e. The number of pyridine rings is 1. The molecule has 4 heterocycles. The van der Waals surface area contributed by atoms with E-state index in [9.17, 15) is 4.79 Å². The summed E-state index contributed by atoms with van der Waals surface area (Å²) < 4.78 is 11.3. The third-order valence-electron chi connectivity index (χ3n) is 6.27. The molecule has 1 N–H and O–H groups in total. The number of methoxy groups -OCH3 is 1. The molecule has 27 heavy (non-hydrogen) atoms. The molecule has 0 amide bonds. The summed E-state index contributed by atoms with van der Waals surface area (Å²) in [6.07, 6.45) is 5.91. The Hall–Kier alpha value is -2.40. The molecule has 0 radical (unpaired) electrons. The lowest BCUT2D eigenvalue weighted by atomic mass is 9.73. The van der Waals surface area contributed by atoms with E-state index < -0.39 is 0 Å². The SMILES string of the molecule is C=C[C@@H]1C[NH+]2CC[C@H]1C[C@H]2[C@@H](OC(C)=O)c1ccnc2ccc(OC)cc12. The number of carbonyl (C=O) groups excluding carboxylic acids is 1. The standard InChI is InChI=1S/C22H26N2O3/c1-4-15-13-24-10-8-16(15)11-21(24)22(27-14(2)25)18-7-9-23-20-6-5-17(26-3)12-19(18)20/h4-7,9,12,15-16,21-22H,1,8,10-11,13H2,2-3H3/p+1/t15-,16+,21+,22+/m1/s1. The Balaban J connectivity index is 1.76. The topological polar surface area (TPSA) is 52.9 Å². The van der Waals surface area contributed by atoms with Crippen LogP contribution in [0, 0.1) is 11.8 Å². The zero-order valence-electron chi connectivity index (χ0n) is 16.0. The van der Waals surface area contributed by atoms with E-state index in [0.29, 0.717) is 11.8 Å². The number of ether oxygens (including phenoxy) is 2. The maximum absolute atomic E-state index is 12.0. The van der Waals surface area contributed by atoms with Gasteiger partial charge in [-0.15, -0.1) is 6.58 Å². The van der Waals surface area contributed by atoms with E-state index in [-0.39, 0.29) is 18.1 Å². The fourth-order valence-corrected chi connectivity index (χ4v) is 4.95. The fourth-order valence-electron chi connectivity index (χ4n) is 4.95. The first-order chi connectivity index (χ1) is 13.1. The largest absolute Gasteiger partial charge is 0.497 e. The number of carbonyl (C=O) groups is 1. The van der Waals surface area contributed by atoms with Gasteiger partial charge in [0.05, 0.1) is 25.7 Å². The molecule has 3 aliphatic rings. The van der Waals surface area contributed by atoms with Crippen LogP contribution in [-0.4, -0.2) is 37.2 Å². The second-order valence-electron chi connectivity index (χ2n) is 7.72. The molecule has 0 saturated carbocycles. The summed E-state index contributed by atoms with van der Waals surface area (Å²) >= 11 is 0. The Morgan fingerprint density at radius 2 is 2.26 bits per heavy atom. The van der Waals surface area contributed by atoms with E-state index in [1.54, 1.807) is 13.3 Å². The van der Waals surface area contributed by atoms with Gasteiger partial charge < -0.3 is 14.4 Å². The van der Waals surface area contributed by atoms with E-state index >= 15 is 0 Å². The number of esters is 1. The lowest BCUT2D eigenvalue weighted by molar-refractivity contribution is -0.949. The summed E-state index contributed by atoms with van der Waals surface area (Å²) in [7, 11) is 1.66. The maximum Gasteiger partial charge on any atom is 0.303 e. The van der Waals surface area contributed by atoms with Gasteiger partial charge in [0.25, 0.3) is 0 Å². The minimum atomic E-state index is -0.274. The molecule has 5 atom stereocenters. The summed E-state index contributed by atoms with van der Waals surface area (Å²) in [5, 5.41) is 0.991. The predicted octanol–water partition coefficient (Wildman–Crippen LogP) is 2.33. The van der Waals surface area contributed by atoms with Crippen molar-refractivity contribution in [2.45, 2.75) is 31.9 Å². The monoisotopic (exact) mass is 367 g/mol. The second kappa shape index (κ2) is 7.31. The average molecular weight is 367 g/mol. The third kappa shape index (κ3) is 3.32. The van der Waals surface area contributed by atoms with E-state index in [4.69, 9.17) is 9.47 Å². The van der Waals surface area contributed by atoms with Crippen LogP contribution in [0.1, 0.15) is 31.4 Å². The Bertz CT molecular complexity index is 866. The van der Waals surface area contributed by atoms with Crippen LogP contribution in [0.4, 0.5) is 0 Å². The van der Waals surface area contributed by atoms with Gasteiger partial charge >= 0.3 is 5.97 Å². The maximum atomic E-state index is 12.0. The van der Waals surface area contributed by atoms with Gasteiger partial charge in [0.2, 0.25) is 0 Å². The molecule has 5 nitrogen and oxygen atoms in total. The lowest BCUT2D eigenvalue weighted by Gasteiger charge is -2.48. The van der Waals surface area contributed by atoms with Crippen LogP contribution < -0.4 is 9.64 Å². The molecular weight excluding hydrogens is 340 g/mol. The number of benzene rings is 1. The van der Waals surface area contributed by atoms with E-state index in [1.807, 2.05) is 24.3 Å². The highest BCUT2D eigenvalue weighted by Gasteiger charge is 2.47. The number of nitrogens with one attached hydrogen (secondary N) is 1. The number of quaternary nitrogens is 1. The molecule has 3 saturated heterocycles. The Kier molecular flexibility index (Phi) is 4.87. The van der Waals surface area contributed by atoms with Crippen molar-refractivity contribution in [1.82, 2.24) is 4.98 Å². The van der Waals surface area contributed by atoms with Crippen molar-refractivity contribution in [2.75, 3.05) is 20.2 Å². The zero-order chi connectivity index (χ0) is 19.0. The number of hydrogen-bond donors (Lipinski definition) is 1. The molecule has 3 aliphatic heterocycles. The Morgan fingerprint density at radius 3 is 2.93 bits per heavy atom. The van der Waals surface area contributed by atoms with Gasteiger partial charge in [0.1, 0.15) is 11.8 Å². The summed E-state index contributed by atoms with van der Waals surface area (Å²) in [5.74, 6) is 1.74. The first-order valence-corrected chi connectivity index (χ1v) is 9.67. The number of fused-ring (bicyclic) bond motifs is 4. The van der Waals surface area contributed by atoms with Gasteiger partial charge in [0.15, 0.2) is 6.10 Å². The van der Waals surface area contributed by atoms with Gasteiger partial charge in [0, 0.05) is 42.8 Å². The van der Waals surface area contributed by atoms with E-state index in [1.165, 1.54) is 18.2 Å². The van der Waals surface area contributed by atoms with Crippen LogP contribution in [-0.2, 0) is 9.53 Å². The molecule has 5 heteroatoms. The molecule has 1 aromatic carbocycles. The van der Waals surface area contributed by atoms with Crippen molar-refractivity contribution >= 4 is 16.9 Å². The number of rotatable bonds is 5. The summed E-state index contributed by atoms with van der Waals surface area (Å²) in [6.45, 7) is 7.72. The third-order valence-corrected chi connectivity index (χ3v) is 6.27. The number of hydrogen-bond acceptors (Lipinski definition) is 4. The van der Waals surface area contributed by atoms with Gasteiger partial charge in [-0.2, -0.15) is 0 Å². The van der Waals surface area contributed by atoms with Crippen LogP contribution in [0.2, 0.25) is 0 Å². The van der Waals surface area contributed by atoms with Gasteiger partial charge in [-0.25, -0.2) is 0 Å². The normalized spacial score (nSPS) is 27.9. The highest BCUT2D eigenvalue weighted by atomic mass is 16.5. The first kappa shape index (κ1) is 18.0. The van der Waals surface area contributed by atoms with Gasteiger partial charge in [-0.3, -0.25) is 9.78 Å². The molecule has 5 rings (SSSR count). The van der Waals surface area contributed by atoms with Crippen molar-refractivity contribution in [3.63, 3.8) is 0 Å². The molecule has 3 fully saturated rings. The number of nitrogens with zero attached hydrogens (tertiary/aromatic N) is 1. The van der Waals surface area contributed by atoms with Crippen molar-refractivity contribution in [2.24, 2.45) is 11.8 Å². The van der Waals surface area contributed by atoms with Crippen LogP contribution in [0.5, 0.6) is 5.75 Å². The number of piperidine rings is 3. The highest BCUT2D eigenvalue weighted by molar-refractivity contribution is 5.84. The summed E-state index contributed by atoms with van der Waals surface area (Å²) in [4.78, 5) is 18.0. The minimum absolute atomic E-state index is 0.241. The fraction of sp³-hybridized carbons (Fsp3) is 0.455. The quantitative estimate of drug-likeness (QED) is 0.651. The van der Waals surface area contributed by atoms with Crippen molar-refractivity contribution in [1.29, 1.82) is 0 Å². The van der Waals surface area contributed by atoms with Crippen LogP contribution in [0.15, 0.2) is 43.1 Å². The number of aromatic nitrogens is 1. The highest BCUT2D eigenvalue weighted by Crippen LogP contribution is 2.36. The Labute approximate surface area is 160 Å². The first-order valence-electron chi connectivity index (χ1n) is 9.67. The predicted molar refractivity (Wildman–Crippen MR) is 104 cm³/mol. The average Bonchev–Trinajstić information content (AvgIpc) is 2.71. The molecule has 2 aromatic rings. The van der Waals surface area contributed by atoms with Crippen molar-refractivity contribution in [3.8, 4) is 5.75 Å². The lowest BCUT2D eigenvalue weighted by Crippen LogP contribution is -3.20. The molecule has 142 valence electrons. The summed E-state index contributed by atoms with van der Waals surface area (Å²) in [5.41, 5.74) is 1.91. The van der Waals surface area contributed by atoms with Gasteiger partial charge in [-0.05, 0) is 30.2 Å². The molecule has 0 spiro atoms. The van der Waals surface area contributed by atoms with Gasteiger partial charge in [-0.1, -0.05) is 6.08 Å². The zero-order valence-corrected chi connectivity index (χ0v) is 16.0. The van der Waals surface area contributed by atoms with Crippen LogP contribution in [0.25, 0.3) is 10.9 Å². The van der Waals surface area contributed by atoms with Crippen LogP contribution in [0.3, 0.4) is 0 Å². The Morgan fingerprint density at radius 1 is 1.41 bits per heavy atom. The van der Waals surface area contributed by atoms with Crippen molar-refractivity contribution in [3.05, 3.63) is 48.7 Å². The molecule has 1 unspecified atom stereocenters. The van der Waals surface area contributed by atoms with Crippen LogP contribution >= 0.6 is 0 Å². The molecular formula is C22H27N2O3+. The minimum Gasteiger partial charge on any atom is -0.497 e. The molecule has 2 bridgehead atoms. The second-order valence-corrected chi connectivity index (χ2v) is 7.72. The molecule has 1 aromatic heterocycles. The van der Waals surface area contributed by atoms with Crippen molar-refractivity contribution < 1.29 is 19.2 Å². The van der Waals surface area contributed by atoms with E-state index in [0.717, 1.165) is 41.7 Å².